The number of hydrogen-bond acceptors (Lipinski definition) is 4. The maximum absolute atomic E-state index is 14.0. The highest BCUT2D eigenvalue weighted by Crippen LogP contribution is 2.18. The Labute approximate surface area is 173 Å². The average molecular weight is 408 g/mol. The normalized spacial score (nSPS) is 15.8. The molecule has 8 heteroatoms. The van der Waals surface area contributed by atoms with E-state index >= 15 is 0 Å². The molecular formula is C21H34FN5O2. The molecule has 0 saturated carbocycles. The van der Waals surface area contributed by atoms with Crippen molar-refractivity contribution in [3.63, 3.8) is 0 Å². The van der Waals surface area contributed by atoms with Gasteiger partial charge in [0.25, 0.3) is 0 Å². The Morgan fingerprint density at radius 3 is 2.62 bits per heavy atom. The Bertz CT molecular complexity index is 688. The van der Waals surface area contributed by atoms with Crippen LogP contribution in [0.2, 0.25) is 0 Å². The quantitative estimate of drug-likeness (QED) is 0.508. The number of guanidine groups is 1. The predicted molar refractivity (Wildman–Crippen MR) is 114 cm³/mol. The lowest BCUT2D eigenvalue weighted by atomic mass is 10.1. The highest BCUT2D eigenvalue weighted by Gasteiger charge is 2.22. The van der Waals surface area contributed by atoms with Crippen LogP contribution in [0.15, 0.2) is 23.2 Å². The van der Waals surface area contributed by atoms with Crippen molar-refractivity contribution in [2.45, 2.75) is 39.3 Å². The average Bonchev–Trinajstić information content (AvgIpc) is 2.69. The number of carbonyl (C=O) groups is 1. The molecule has 7 nitrogen and oxygen atoms in total. The number of likely N-dealkylation sites (N-methyl/N-ethyl adjacent to an activating group) is 1. The Balaban J connectivity index is 1.88. The molecule has 1 saturated heterocycles. The second kappa shape index (κ2) is 11.6. The molecule has 0 atom stereocenters. The van der Waals surface area contributed by atoms with Crippen LogP contribution in [0.5, 0.6) is 5.75 Å². The van der Waals surface area contributed by atoms with Gasteiger partial charge >= 0.3 is 0 Å². The van der Waals surface area contributed by atoms with Gasteiger partial charge in [-0.3, -0.25) is 9.69 Å². The summed E-state index contributed by atoms with van der Waals surface area (Å²) in [6.45, 7) is 7.64. The van der Waals surface area contributed by atoms with E-state index in [4.69, 9.17) is 4.74 Å². The van der Waals surface area contributed by atoms with Crippen molar-refractivity contribution >= 4 is 11.9 Å². The maximum atomic E-state index is 14.0. The van der Waals surface area contributed by atoms with Gasteiger partial charge in [0, 0.05) is 39.8 Å². The zero-order valence-electron chi connectivity index (χ0n) is 18.0. The van der Waals surface area contributed by atoms with E-state index in [0.717, 1.165) is 44.0 Å². The fraction of sp³-hybridized carbons (Fsp3) is 0.619. The van der Waals surface area contributed by atoms with Crippen LogP contribution in [0, 0.1) is 5.82 Å². The van der Waals surface area contributed by atoms with E-state index in [1.165, 1.54) is 6.07 Å². The number of hydrogen-bond donors (Lipinski definition) is 2. The first-order chi connectivity index (χ1) is 13.9. The Kier molecular flexibility index (Phi) is 9.18. The molecule has 0 unspecified atom stereocenters. The molecule has 2 rings (SSSR count). The smallest absolute Gasteiger partial charge is 0.236 e. The summed E-state index contributed by atoms with van der Waals surface area (Å²) in [6.07, 6.45) is 1.89. The van der Waals surface area contributed by atoms with Gasteiger partial charge in [-0.2, -0.15) is 0 Å². The number of nitrogens with zero attached hydrogens (tertiary/aromatic N) is 3. The molecule has 0 aliphatic carbocycles. The molecule has 1 aliphatic rings. The van der Waals surface area contributed by atoms with E-state index in [1.54, 1.807) is 25.1 Å². The molecule has 0 radical (unpaired) electrons. The zero-order valence-corrected chi connectivity index (χ0v) is 18.0. The van der Waals surface area contributed by atoms with Gasteiger partial charge < -0.3 is 20.3 Å². The summed E-state index contributed by atoms with van der Waals surface area (Å²) in [4.78, 5) is 20.3. The van der Waals surface area contributed by atoms with Crippen molar-refractivity contribution in [2.75, 3.05) is 46.9 Å². The molecule has 1 heterocycles. The van der Waals surface area contributed by atoms with Crippen molar-refractivity contribution in [3.8, 4) is 5.75 Å². The first-order valence-corrected chi connectivity index (χ1v) is 10.3. The number of halogens is 1. The number of rotatable bonds is 8. The van der Waals surface area contributed by atoms with Crippen LogP contribution in [0.1, 0.15) is 32.3 Å². The summed E-state index contributed by atoms with van der Waals surface area (Å²) in [5.41, 5.74) is 0.792. The van der Waals surface area contributed by atoms with E-state index < -0.39 is 0 Å². The third kappa shape index (κ3) is 7.53. The van der Waals surface area contributed by atoms with Crippen molar-refractivity contribution in [2.24, 2.45) is 4.99 Å². The van der Waals surface area contributed by atoms with Crippen LogP contribution in [0.4, 0.5) is 4.39 Å². The van der Waals surface area contributed by atoms with E-state index in [1.807, 2.05) is 19.9 Å². The molecule has 1 amide bonds. The van der Waals surface area contributed by atoms with Crippen LogP contribution < -0.4 is 15.4 Å². The standard InChI is InChI=1S/C21H34FN5O2/c1-5-23-21(24-14-16-7-8-19(29-6-2)18(22)13-16)25-17-9-11-27(12-10-17)15-20(28)26(3)4/h7-8,13,17H,5-6,9-12,14-15H2,1-4H3,(H2,23,24,25). The van der Waals surface area contributed by atoms with Crippen LogP contribution in [-0.4, -0.2) is 74.6 Å². The number of nitrogens with one attached hydrogen (secondary N) is 2. The van der Waals surface area contributed by atoms with E-state index in [2.05, 4.69) is 20.5 Å². The predicted octanol–water partition coefficient (Wildman–Crippen LogP) is 1.83. The van der Waals surface area contributed by atoms with Gasteiger partial charge in [0.2, 0.25) is 5.91 Å². The fourth-order valence-corrected chi connectivity index (χ4v) is 3.17. The topological polar surface area (TPSA) is 69.2 Å². The largest absolute Gasteiger partial charge is 0.491 e. The second-order valence-corrected chi connectivity index (χ2v) is 7.38. The molecule has 2 N–H and O–H groups in total. The number of likely N-dealkylation sites (tertiary alicyclic amines) is 1. The van der Waals surface area contributed by atoms with E-state index in [0.29, 0.717) is 25.7 Å². The zero-order chi connectivity index (χ0) is 21.2. The van der Waals surface area contributed by atoms with Crippen LogP contribution in [0.25, 0.3) is 0 Å². The van der Waals surface area contributed by atoms with Gasteiger partial charge in [0.1, 0.15) is 0 Å². The number of ether oxygens (including phenoxy) is 1. The highest BCUT2D eigenvalue weighted by molar-refractivity contribution is 5.80. The molecule has 1 aromatic rings. The Hall–Kier alpha value is -2.35. The van der Waals surface area contributed by atoms with Gasteiger partial charge in [0.15, 0.2) is 17.5 Å². The Morgan fingerprint density at radius 2 is 2.03 bits per heavy atom. The first kappa shape index (κ1) is 22.9. The molecule has 1 aliphatic heterocycles. The number of piperidine rings is 1. The first-order valence-electron chi connectivity index (χ1n) is 10.3. The summed E-state index contributed by atoms with van der Waals surface area (Å²) in [6, 6.07) is 5.25. The Morgan fingerprint density at radius 1 is 1.31 bits per heavy atom. The summed E-state index contributed by atoms with van der Waals surface area (Å²) in [7, 11) is 3.57. The van der Waals surface area contributed by atoms with Crippen molar-refractivity contribution in [3.05, 3.63) is 29.6 Å². The molecule has 1 aromatic carbocycles. The van der Waals surface area contributed by atoms with Gasteiger partial charge in [-0.15, -0.1) is 0 Å². The molecule has 162 valence electrons. The minimum Gasteiger partial charge on any atom is -0.491 e. The fourth-order valence-electron chi connectivity index (χ4n) is 3.17. The number of carbonyl (C=O) groups excluding carboxylic acids is 1. The lowest BCUT2D eigenvalue weighted by molar-refractivity contribution is -0.130. The van der Waals surface area contributed by atoms with Crippen LogP contribution in [0.3, 0.4) is 0 Å². The molecular weight excluding hydrogens is 373 g/mol. The van der Waals surface area contributed by atoms with Gasteiger partial charge in [0.05, 0.1) is 19.7 Å². The minimum absolute atomic E-state index is 0.133. The number of amides is 1. The van der Waals surface area contributed by atoms with E-state index in [9.17, 15) is 9.18 Å². The summed E-state index contributed by atoms with van der Waals surface area (Å²) < 4.78 is 19.3. The lowest BCUT2D eigenvalue weighted by Crippen LogP contribution is -2.50. The summed E-state index contributed by atoms with van der Waals surface area (Å²) in [5.74, 6) is 0.764. The van der Waals surface area contributed by atoms with Crippen molar-refractivity contribution in [1.29, 1.82) is 0 Å². The van der Waals surface area contributed by atoms with Crippen molar-refractivity contribution in [1.82, 2.24) is 20.4 Å². The maximum Gasteiger partial charge on any atom is 0.236 e. The molecule has 1 fully saturated rings. The number of aliphatic imine (C=N–C) groups is 1. The molecule has 0 aromatic heterocycles. The summed E-state index contributed by atoms with van der Waals surface area (Å²) >= 11 is 0. The monoisotopic (exact) mass is 407 g/mol. The molecule has 29 heavy (non-hydrogen) atoms. The summed E-state index contributed by atoms with van der Waals surface area (Å²) in [5, 5.41) is 6.72. The second-order valence-electron chi connectivity index (χ2n) is 7.38. The third-order valence-corrected chi connectivity index (χ3v) is 4.85. The molecule has 0 bridgehead atoms. The van der Waals surface area contributed by atoms with Crippen molar-refractivity contribution < 1.29 is 13.9 Å². The van der Waals surface area contributed by atoms with Crippen LogP contribution in [-0.2, 0) is 11.3 Å². The van der Waals surface area contributed by atoms with Gasteiger partial charge in [-0.05, 0) is 44.4 Å². The van der Waals surface area contributed by atoms with Crippen LogP contribution >= 0.6 is 0 Å². The third-order valence-electron chi connectivity index (χ3n) is 4.85. The van der Waals surface area contributed by atoms with Gasteiger partial charge in [-0.25, -0.2) is 9.38 Å². The lowest BCUT2D eigenvalue weighted by Gasteiger charge is -2.33. The molecule has 0 spiro atoms. The van der Waals surface area contributed by atoms with E-state index in [-0.39, 0.29) is 17.5 Å². The SMILES string of the molecule is CCNC(=NCc1ccc(OCC)c(F)c1)NC1CCN(CC(=O)N(C)C)CC1. The number of benzene rings is 1. The van der Waals surface area contributed by atoms with Gasteiger partial charge in [-0.1, -0.05) is 6.07 Å². The minimum atomic E-state index is -0.364. The highest BCUT2D eigenvalue weighted by atomic mass is 19.1.